The molecule has 0 aromatic carbocycles. The molecule has 1 N–H and O–H groups in total. The summed E-state index contributed by atoms with van der Waals surface area (Å²) in [6.45, 7) is 0.658. The molecule has 0 fully saturated rings. The van der Waals surface area contributed by atoms with Crippen molar-refractivity contribution in [1.82, 2.24) is 29.7 Å². The normalized spacial score (nSPS) is 10.3. The van der Waals surface area contributed by atoms with Crippen LogP contribution in [0.1, 0.15) is 5.56 Å². The first-order valence-electron chi connectivity index (χ1n) is 5.70. The van der Waals surface area contributed by atoms with Crippen molar-refractivity contribution in [2.45, 2.75) is 6.54 Å². The van der Waals surface area contributed by atoms with Crippen LogP contribution < -0.4 is 5.32 Å². The lowest BCUT2D eigenvalue weighted by molar-refractivity contribution is 0.845. The Balaban J connectivity index is 1.67. The molecular weight excluding hydrogens is 242 g/mol. The minimum absolute atomic E-state index is 0.658. The Morgan fingerprint density at radius 2 is 1.89 bits per heavy atom. The number of nitrogens with zero attached hydrogens (tertiary/aromatic N) is 6. The molecular formula is C12H11N7. The number of anilines is 1. The molecule has 3 rings (SSSR count). The van der Waals surface area contributed by atoms with E-state index in [9.17, 15) is 0 Å². The maximum Gasteiger partial charge on any atom is 0.155 e. The summed E-state index contributed by atoms with van der Waals surface area (Å²) >= 11 is 0. The fourth-order valence-corrected chi connectivity index (χ4v) is 1.58. The monoisotopic (exact) mass is 253 g/mol. The van der Waals surface area contributed by atoms with E-state index in [1.807, 2.05) is 12.1 Å². The van der Waals surface area contributed by atoms with Gasteiger partial charge in [0.1, 0.15) is 19.0 Å². The zero-order chi connectivity index (χ0) is 12.9. The van der Waals surface area contributed by atoms with Gasteiger partial charge in [-0.1, -0.05) is 0 Å². The fourth-order valence-electron chi connectivity index (χ4n) is 1.58. The lowest BCUT2D eigenvalue weighted by Crippen LogP contribution is -2.02. The standard InChI is InChI=1S/C12H11N7/c1-2-12(19-9-15-8-18-19)17-6-11(1)16-5-10-3-13-7-14-4-10/h1-4,6-9,16H,5H2. The highest BCUT2D eigenvalue weighted by atomic mass is 15.3. The van der Waals surface area contributed by atoms with Gasteiger partial charge in [-0.3, -0.25) is 0 Å². The van der Waals surface area contributed by atoms with E-state index in [1.165, 1.54) is 12.7 Å². The van der Waals surface area contributed by atoms with E-state index >= 15 is 0 Å². The summed E-state index contributed by atoms with van der Waals surface area (Å²) in [5.74, 6) is 0.728. The third kappa shape index (κ3) is 2.71. The first kappa shape index (κ1) is 11.3. The Bertz CT molecular complexity index is 619. The van der Waals surface area contributed by atoms with E-state index in [2.05, 4.69) is 30.4 Å². The van der Waals surface area contributed by atoms with Crippen molar-refractivity contribution in [3.8, 4) is 5.82 Å². The number of pyridine rings is 1. The van der Waals surface area contributed by atoms with Crippen LogP contribution in [0.5, 0.6) is 0 Å². The Kier molecular flexibility index (Phi) is 3.09. The van der Waals surface area contributed by atoms with Crippen LogP contribution in [-0.2, 0) is 6.54 Å². The molecule has 0 aliphatic carbocycles. The van der Waals surface area contributed by atoms with Crippen LogP contribution in [0.4, 0.5) is 5.69 Å². The molecule has 94 valence electrons. The molecule has 7 heteroatoms. The lowest BCUT2D eigenvalue weighted by atomic mass is 10.3. The van der Waals surface area contributed by atoms with Gasteiger partial charge in [0.25, 0.3) is 0 Å². The van der Waals surface area contributed by atoms with Crippen LogP contribution >= 0.6 is 0 Å². The van der Waals surface area contributed by atoms with Gasteiger partial charge in [0.05, 0.1) is 11.9 Å². The number of aromatic nitrogens is 6. The highest BCUT2D eigenvalue weighted by molar-refractivity contribution is 5.43. The van der Waals surface area contributed by atoms with Gasteiger partial charge in [0, 0.05) is 24.5 Å². The molecule has 3 aromatic rings. The Morgan fingerprint density at radius 1 is 1.00 bits per heavy atom. The summed E-state index contributed by atoms with van der Waals surface area (Å²) in [5.41, 5.74) is 1.94. The highest BCUT2D eigenvalue weighted by Crippen LogP contribution is 2.09. The third-order valence-corrected chi connectivity index (χ3v) is 2.51. The third-order valence-electron chi connectivity index (χ3n) is 2.51. The van der Waals surface area contributed by atoms with Crippen LogP contribution in [0.15, 0.2) is 49.7 Å². The van der Waals surface area contributed by atoms with Gasteiger partial charge in [-0.25, -0.2) is 24.6 Å². The van der Waals surface area contributed by atoms with Crippen molar-refractivity contribution in [1.29, 1.82) is 0 Å². The predicted molar refractivity (Wildman–Crippen MR) is 68.5 cm³/mol. The molecule has 0 amide bonds. The van der Waals surface area contributed by atoms with E-state index < -0.39 is 0 Å². The van der Waals surface area contributed by atoms with Gasteiger partial charge in [0.15, 0.2) is 5.82 Å². The fraction of sp³-hybridized carbons (Fsp3) is 0.0833. The SMILES string of the molecule is c1ncc(CNc2ccc(-n3cncn3)nc2)cn1. The molecule has 0 spiro atoms. The summed E-state index contributed by atoms with van der Waals surface area (Å²) in [5, 5.41) is 7.26. The first-order valence-corrected chi connectivity index (χ1v) is 5.70. The molecule has 3 heterocycles. The minimum atomic E-state index is 0.658. The number of rotatable bonds is 4. The molecule has 19 heavy (non-hydrogen) atoms. The highest BCUT2D eigenvalue weighted by Gasteiger charge is 1.99. The van der Waals surface area contributed by atoms with E-state index in [1.54, 1.807) is 29.6 Å². The van der Waals surface area contributed by atoms with Crippen molar-refractivity contribution >= 4 is 5.69 Å². The zero-order valence-corrected chi connectivity index (χ0v) is 10.0. The summed E-state index contributed by atoms with van der Waals surface area (Å²) in [6, 6.07) is 3.81. The topological polar surface area (TPSA) is 81.4 Å². The molecule has 0 aliphatic heterocycles. The zero-order valence-electron chi connectivity index (χ0n) is 10.0. The molecule has 3 aromatic heterocycles. The second-order valence-electron chi connectivity index (χ2n) is 3.85. The molecule has 0 bridgehead atoms. The quantitative estimate of drug-likeness (QED) is 0.748. The van der Waals surface area contributed by atoms with Crippen molar-refractivity contribution in [3.63, 3.8) is 0 Å². The summed E-state index contributed by atoms with van der Waals surface area (Å²) in [4.78, 5) is 16.1. The largest absolute Gasteiger partial charge is 0.380 e. The first-order chi connectivity index (χ1) is 9.42. The van der Waals surface area contributed by atoms with Crippen LogP contribution in [0.2, 0.25) is 0 Å². The molecule has 0 atom stereocenters. The average Bonchev–Trinajstić information content (AvgIpc) is 3.01. The van der Waals surface area contributed by atoms with Gasteiger partial charge in [-0.05, 0) is 12.1 Å². The van der Waals surface area contributed by atoms with E-state index in [0.29, 0.717) is 6.54 Å². The predicted octanol–water partition coefficient (Wildman–Crippen LogP) is 1.06. The number of hydrogen-bond acceptors (Lipinski definition) is 6. The van der Waals surface area contributed by atoms with Gasteiger partial charge < -0.3 is 5.32 Å². The Labute approximate surface area is 109 Å². The van der Waals surface area contributed by atoms with Gasteiger partial charge in [-0.15, -0.1) is 0 Å². The number of hydrogen-bond donors (Lipinski definition) is 1. The molecule has 0 saturated carbocycles. The van der Waals surface area contributed by atoms with Crippen molar-refractivity contribution < 1.29 is 0 Å². The molecule has 7 nitrogen and oxygen atoms in total. The lowest BCUT2D eigenvalue weighted by Gasteiger charge is -2.06. The molecule has 0 radical (unpaired) electrons. The number of nitrogens with one attached hydrogen (secondary N) is 1. The summed E-state index contributed by atoms with van der Waals surface area (Å²) < 4.78 is 1.61. The van der Waals surface area contributed by atoms with Crippen LogP contribution in [0.3, 0.4) is 0 Å². The van der Waals surface area contributed by atoms with E-state index in [-0.39, 0.29) is 0 Å². The molecule has 0 aliphatic rings. The van der Waals surface area contributed by atoms with Crippen molar-refractivity contribution in [3.05, 3.63) is 55.3 Å². The van der Waals surface area contributed by atoms with E-state index in [0.717, 1.165) is 17.1 Å². The second-order valence-corrected chi connectivity index (χ2v) is 3.85. The molecule has 0 unspecified atom stereocenters. The maximum atomic E-state index is 4.30. The summed E-state index contributed by atoms with van der Waals surface area (Å²) in [6.07, 6.45) is 9.90. The smallest absolute Gasteiger partial charge is 0.155 e. The van der Waals surface area contributed by atoms with Gasteiger partial charge >= 0.3 is 0 Å². The van der Waals surface area contributed by atoms with Crippen molar-refractivity contribution in [2.75, 3.05) is 5.32 Å². The Morgan fingerprint density at radius 3 is 2.58 bits per heavy atom. The van der Waals surface area contributed by atoms with Crippen molar-refractivity contribution in [2.24, 2.45) is 0 Å². The summed E-state index contributed by atoms with van der Waals surface area (Å²) in [7, 11) is 0. The van der Waals surface area contributed by atoms with E-state index in [4.69, 9.17) is 0 Å². The maximum absolute atomic E-state index is 4.30. The van der Waals surface area contributed by atoms with Crippen LogP contribution in [0, 0.1) is 0 Å². The van der Waals surface area contributed by atoms with Gasteiger partial charge in [-0.2, -0.15) is 5.10 Å². The Hall–Kier alpha value is -2.83. The van der Waals surface area contributed by atoms with Gasteiger partial charge in [0.2, 0.25) is 0 Å². The minimum Gasteiger partial charge on any atom is -0.380 e. The average molecular weight is 253 g/mol. The van der Waals surface area contributed by atoms with Crippen LogP contribution in [0.25, 0.3) is 5.82 Å². The van der Waals surface area contributed by atoms with Crippen LogP contribution in [-0.4, -0.2) is 29.7 Å². The second kappa shape index (κ2) is 5.21. The molecule has 0 saturated heterocycles.